The Hall–Kier alpha value is 0.730. The summed E-state index contributed by atoms with van der Waals surface area (Å²) in [6, 6.07) is 0.265. The van der Waals surface area contributed by atoms with Crippen molar-refractivity contribution in [2.24, 2.45) is 5.73 Å². The highest BCUT2D eigenvalue weighted by atomic mass is 79.9. The van der Waals surface area contributed by atoms with Gasteiger partial charge in [-0.1, -0.05) is 22.4 Å². The predicted octanol–water partition coefficient (Wildman–Crippen LogP) is 1.87. The van der Waals surface area contributed by atoms with E-state index in [-0.39, 0.29) is 11.4 Å². The summed E-state index contributed by atoms with van der Waals surface area (Å²) < 4.78 is 0. The van der Waals surface area contributed by atoms with Crippen molar-refractivity contribution in [2.75, 3.05) is 0 Å². The summed E-state index contributed by atoms with van der Waals surface area (Å²) >= 11 is 9.40. The highest BCUT2D eigenvalue weighted by Crippen LogP contribution is 2.27. The summed E-state index contributed by atoms with van der Waals surface area (Å²) in [6.45, 7) is 0. The predicted molar refractivity (Wildman–Crippen MR) is 44.2 cm³/mol. The van der Waals surface area contributed by atoms with Crippen LogP contribution in [0.25, 0.3) is 0 Å². The third-order valence-electron chi connectivity index (χ3n) is 1.77. The molecular formula is C6H11BrClN. The van der Waals surface area contributed by atoms with E-state index >= 15 is 0 Å². The van der Waals surface area contributed by atoms with Crippen LogP contribution in [0.1, 0.15) is 19.3 Å². The van der Waals surface area contributed by atoms with Gasteiger partial charge in [0.15, 0.2) is 0 Å². The lowest BCUT2D eigenvalue weighted by atomic mass is 9.96. The summed E-state index contributed by atoms with van der Waals surface area (Å²) in [7, 11) is 0. The van der Waals surface area contributed by atoms with Crippen LogP contribution in [-0.2, 0) is 0 Å². The van der Waals surface area contributed by atoms with Crippen molar-refractivity contribution in [1.29, 1.82) is 0 Å². The zero-order valence-corrected chi connectivity index (χ0v) is 7.53. The molecule has 0 amide bonds. The van der Waals surface area contributed by atoms with E-state index in [9.17, 15) is 0 Å². The summed E-state index contributed by atoms with van der Waals surface area (Å²) in [5, 5.41) is 0.244. The van der Waals surface area contributed by atoms with Gasteiger partial charge >= 0.3 is 0 Å². The number of nitrogens with two attached hydrogens (primary N) is 1. The first-order valence-electron chi connectivity index (χ1n) is 3.25. The lowest BCUT2D eigenvalue weighted by molar-refractivity contribution is 0.464. The van der Waals surface area contributed by atoms with E-state index in [0.29, 0.717) is 4.83 Å². The van der Waals surface area contributed by atoms with Crippen LogP contribution in [0.2, 0.25) is 0 Å². The van der Waals surface area contributed by atoms with Gasteiger partial charge < -0.3 is 5.73 Å². The number of hydrogen-bond acceptors (Lipinski definition) is 1. The zero-order chi connectivity index (χ0) is 6.85. The van der Waals surface area contributed by atoms with E-state index in [1.807, 2.05) is 0 Å². The van der Waals surface area contributed by atoms with E-state index in [1.54, 1.807) is 0 Å². The van der Waals surface area contributed by atoms with Crippen LogP contribution in [0.3, 0.4) is 0 Å². The van der Waals surface area contributed by atoms with E-state index in [0.717, 1.165) is 12.8 Å². The fraction of sp³-hybridized carbons (Fsp3) is 1.00. The molecule has 0 aromatic rings. The highest BCUT2D eigenvalue weighted by molar-refractivity contribution is 9.09. The SMILES string of the molecule is N[C@H]1CCC[C@H](Cl)[C@@H]1Br. The van der Waals surface area contributed by atoms with Gasteiger partial charge in [0, 0.05) is 16.2 Å². The van der Waals surface area contributed by atoms with Crippen LogP contribution < -0.4 is 5.73 Å². The number of rotatable bonds is 0. The largest absolute Gasteiger partial charge is 0.327 e. The van der Waals surface area contributed by atoms with Crippen LogP contribution >= 0.6 is 27.5 Å². The fourth-order valence-corrected chi connectivity index (χ4v) is 2.01. The minimum Gasteiger partial charge on any atom is -0.327 e. The van der Waals surface area contributed by atoms with Gasteiger partial charge in [-0.2, -0.15) is 0 Å². The second-order valence-corrected chi connectivity index (χ2v) is 4.17. The van der Waals surface area contributed by atoms with Gasteiger partial charge in [-0.05, 0) is 12.8 Å². The van der Waals surface area contributed by atoms with Crippen molar-refractivity contribution in [2.45, 2.75) is 35.5 Å². The second kappa shape index (κ2) is 3.22. The minimum atomic E-state index is 0.244. The summed E-state index contributed by atoms with van der Waals surface area (Å²) in [5.74, 6) is 0. The maximum atomic E-state index is 5.94. The molecule has 0 heterocycles. The Morgan fingerprint density at radius 3 is 2.56 bits per heavy atom. The number of alkyl halides is 2. The Bertz CT molecular complexity index is 89.1. The molecule has 0 saturated heterocycles. The van der Waals surface area contributed by atoms with Gasteiger partial charge in [0.2, 0.25) is 0 Å². The molecule has 0 radical (unpaired) electrons. The normalized spacial score (nSPS) is 45.0. The average molecular weight is 213 g/mol. The van der Waals surface area contributed by atoms with Crippen molar-refractivity contribution in [1.82, 2.24) is 0 Å². The summed E-state index contributed by atoms with van der Waals surface area (Å²) in [4.78, 5) is 0.327. The van der Waals surface area contributed by atoms with Crippen LogP contribution in [0.15, 0.2) is 0 Å². The van der Waals surface area contributed by atoms with Crippen LogP contribution in [-0.4, -0.2) is 16.2 Å². The quantitative estimate of drug-likeness (QED) is 0.610. The molecule has 54 valence electrons. The van der Waals surface area contributed by atoms with Gasteiger partial charge in [-0.25, -0.2) is 0 Å². The molecule has 2 N–H and O–H groups in total. The third kappa shape index (κ3) is 1.82. The van der Waals surface area contributed by atoms with Crippen molar-refractivity contribution in [3.05, 3.63) is 0 Å². The molecule has 3 heteroatoms. The number of hydrogen-bond donors (Lipinski definition) is 1. The first-order valence-corrected chi connectivity index (χ1v) is 4.61. The molecule has 0 aromatic carbocycles. The van der Waals surface area contributed by atoms with Gasteiger partial charge in [0.05, 0.1) is 0 Å². The Labute approximate surface area is 69.1 Å². The Morgan fingerprint density at radius 2 is 2.11 bits per heavy atom. The summed E-state index contributed by atoms with van der Waals surface area (Å²) in [6.07, 6.45) is 3.39. The molecule has 0 aliphatic heterocycles. The first-order chi connectivity index (χ1) is 4.22. The van der Waals surface area contributed by atoms with E-state index < -0.39 is 0 Å². The molecule has 0 unspecified atom stereocenters. The van der Waals surface area contributed by atoms with Crippen molar-refractivity contribution in [3.63, 3.8) is 0 Å². The minimum absolute atomic E-state index is 0.244. The molecule has 3 atom stereocenters. The molecule has 0 spiro atoms. The number of halogens is 2. The highest BCUT2D eigenvalue weighted by Gasteiger charge is 2.26. The molecular weight excluding hydrogens is 201 g/mol. The van der Waals surface area contributed by atoms with Gasteiger partial charge in [0.1, 0.15) is 0 Å². The van der Waals surface area contributed by atoms with E-state index in [1.165, 1.54) is 6.42 Å². The van der Waals surface area contributed by atoms with E-state index in [2.05, 4.69) is 15.9 Å². The maximum absolute atomic E-state index is 5.94. The maximum Gasteiger partial charge on any atom is 0.0476 e. The van der Waals surface area contributed by atoms with Gasteiger partial charge in [0.25, 0.3) is 0 Å². The monoisotopic (exact) mass is 211 g/mol. The molecule has 1 rings (SSSR count). The Morgan fingerprint density at radius 1 is 1.44 bits per heavy atom. The molecule has 1 saturated carbocycles. The zero-order valence-electron chi connectivity index (χ0n) is 5.19. The Balaban J connectivity index is 2.41. The Kier molecular flexibility index (Phi) is 2.80. The average Bonchev–Trinajstić information content (AvgIpc) is 1.83. The van der Waals surface area contributed by atoms with Crippen molar-refractivity contribution in [3.8, 4) is 0 Å². The van der Waals surface area contributed by atoms with Crippen LogP contribution in [0.4, 0.5) is 0 Å². The van der Waals surface area contributed by atoms with Crippen LogP contribution in [0, 0.1) is 0 Å². The van der Waals surface area contributed by atoms with Crippen molar-refractivity contribution < 1.29 is 0 Å². The van der Waals surface area contributed by atoms with Crippen LogP contribution in [0.5, 0.6) is 0 Å². The standard InChI is InChI=1S/C6H11BrClN/c7-6-4(8)2-1-3-5(6)9/h4-6H,1-3,9H2/t4-,5-,6-/m0/s1. The molecule has 1 aliphatic carbocycles. The smallest absolute Gasteiger partial charge is 0.0476 e. The van der Waals surface area contributed by atoms with Crippen molar-refractivity contribution >= 4 is 27.5 Å². The van der Waals surface area contributed by atoms with Gasteiger partial charge in [-0.15, -0.1) is 11.6 Å². The van der Waals surface area contributed by atoms with Gasteiger partial charge in [-0.3, -0.25) is 0 Å². The summed E-state index contributed by atoms with van der Waals surface area (Å²) in [5.41, 5.74) is 5.74. The molecule has 1 fully saturated rings. The topological polar surface area (TPSA) is 26.0 Å². The molecule has 1 nitrogen and oxygen atoms in total. The molecule has 0 bridgehead atoms. The lowest BCUT2D eigenvalue weighted by Gasteiger charge is -2.27. The molecule has 0 aromatic heterocycles. The molecule has 1 aliphatic rings. The second-order valence-electron chi connectivity index (χ2n) is 2.56. The third-order valence-corrected chi connectivity index (χ3v) is 3.88. The first kappa shape index (κ1) is 7.83. The van der Waals surface area contributed by atoms with E-state index in [4.69, 9.17) is 17.3 Å². The molecule has 9 heavy (non-hydrogen) atoms. The fourth-order valence-electron chi connectivity index (χ4n) is 1.14. The lowest BCUT2D eigenvalue weighted by Crippen LogP contribution is -2.39.